The summed E-state index contributed by atoms with van der Waals surface area (Å²) in [4.78, 5) is 2.45. The number of hydrogen-bond acceptors (Lipinski definition) is 2. The van der Waals surface area contributed by atoms with E-state index in [-0.39, 0.29) is 0 Å². The van der Waals surface area contributed by atoms with E-state index >= 15 is 0 Å². The highest BCUT2D eigenvalue weighted by atomic mass is 79.9. The standard InChI is InChI=1S/C13H18BrNO/c1-10-3-4-13(14)11(7-10)8-15-6-5-12(9-15)16-2/h3-4,7,12H,5-6,8-9H2,1-2H3/t12-/m0/s1. The molecule has 1 atom stereocenters. The van der Waals surface area contributed by atoms with Crippen LogP contribution in [0, 0.1) is 6.92 Å². The Labute approximate surface area is 106 Å². The Hall–Kier alpha value is -0.380. The van der Waals surface area contributed by atoms with Crippen LogP contribution in [0.4, 0.5) is 0 Å². The van der Waals surface area contributed by atoms with Crippen molar-refractivity contribution in [2.75, 3.05) is 20.2 Å². The fraction of sp³-hybridized carbons (Fsp3) is 0.538. The highest BCUT2D eigenvalue weighted by Gasteiger charge is 2.22. The third-order valence-electron chi connectivity index (χ3n) is 3.16. The molecule has 1 heterocycles. The predicted molar refractivity (Wildman–Crippen MR) is 69.6 cm³/mol. The van der Waals surface area contributed by atoms with Gasteiger partial charge in [0.15, 0.2) is 0 Å². The summed E-state index contributed by atoms with van der Waals surface area (Å²) in [7, 11) is 1.80. The van der Waals surface area contributed by atoms with Gasteiger partial charge in [0.25, 0.3) is 0 Å². The molecule has 1 fully saturated rings. The van der Waals surface area contributed by atoms with Crippen LogP contribution in [0.15, 0.2) is 22.7 Å². The molecule has 0 saturated carbocycles. The maximum absolute atomic E-state index is 5.38. The largest absolute Gasteiger partial charge is 0.380 e. The molecule has 0 spiro atoms. The van der Waals surface area contributed by atoms with Crippen LogP contribution >= 0.6 is 15.9 Å². The molecule has 0 radical (unpaired) electrons. The molecule has 3 heteroatoms. The van der Waals surface area contributed by atoms with E-state index < -0.39 is 0 Å². The maximum atomic E-state index is 5.38. The second-order valence-corrected chi connectivity index (χ2v) is 5.33. The number of benzene rings is 1. The van der Waals surface area contributed by atoms with Gasteiger partial charge in [-0.1, -0.05) is 33.6 Å². The Morgan fingerprint density at radius 2 is 2.31 bits per heavy atom. The van der Waals surface area contributed by atoms with Crippen LogP contribution in [0.5, 0.6) is 0 Å². The molecule has 1 aromatic rings. The summed E-state index contributed by atoms with van der Waals surface area (Å²) in [5.41, 5.74) is 2.69. The number of methoxy groups -OCH3 is 1. The number of rotatable bonds is 3. The van der Waals surface area contributed by atoms with Crippen molar-refractivity contribution in [3.8, 4) is 0 Å². The second kappa shape index (κ2) is 5.30. The van der Waals surface area contributed by atoms with E-state index in [0.29, 0.717) is 6.10 Å². The van der Waals surface area contributed by atoms with Gasteiger partial charge in [0.05, 0.1) is 6.10 Å². The van der Waals surface area contributed by atoms with Gasteiger partial charge in [-0.15, -0.1) is 0 Å². The lowest BCUT2D eigenvalue weighted by molar-refractivity contribution is 0.107. The van der Waals surface area contributed by atoms with Gasteiger partial charge < -0.3 is 4.74 Å². The molecule has 1 aromatic carbocycles. The molecule has 16 heavy (non-hydrogen) atoms. The van der Waals surface area contributed by atoms with Crippen molar-refractivity contribution in [1.29, 1.82) is 0 Å². The third kappa shape index (κ3) is 2.84. The number of nitrogens with zero attached hydrogens (tertiary/aromatic N) is 1. The first kappa shape index (κ1) is 12.1. The molecular weight excluding hydrogens is 266 g/mol. The summed E-state index contributed by atoms with van der Waals surface area (Å²) < 4.78 is 6.59. The highest BCUT2D eigenvalue weighted by Crippen LogP contribution is 2.22. The van der Waals surface area contributed by atoms with Crippen LogP contribution in [0.2, 0.25) is 0 Å². The Kier molecular flexibility index (Phi) is 4.00. The first-order valence-electron chi connectivity index (χ1n) is 5.69. The highest BCUT2D eigenvalue weighted by molar-refractivity contribution is 9.10. The summed E-state index contributed by atoms with van der Waals surface area (Å²) in [6.07, 6.45) is 1.57. The lowest BCUT2D eigenvalue weighted by Gasteiger charge is -2.17. The number of likely N-dealkylation sites (tertiary alicyclic amines) is 1. The average molecular weight is 284 g/mol. The summed E-state index contributed by atoms with van der Waals surface area (Å²) in [5.74, 6) is 0. The van der Waals surface area contributed by atoms with Gasteiger partial charge in [0.2, 0.25) is 0 Å². The van der Waals surface area contributed by atoms with Gasteiger partial charge in [-0.25, -0.2) is 0 Å². The monoisotopic (exact) mass is 283 g/mol. The lowest BCUT2D eigenvalue weighted by atomic mass is 10.1. The van der Waals surface area contributed by atoms with Crippen molar-refractivity contribution in [2.24, 2.45) is 0 Å². The quantitative estimate of drug-likeness (QED) is 0.846. The summed E-state index contributed by atoms with van der Waals surface area (Å²) in [6.45, 7) is 5.34. The summed E-state index contributed by atoms with van der Waals surface area (Å²) >= 11 is 3.61. The molecular formula is C13H18BrNO. The third-order valence-corrected chi connectivity index (χ3v) is 3.93. The molecule has 2 rings (SSSR count). The number of aryl methyl sites for hydroxylation is 1. The Balaban J connectivity index is 2.01. The lowest BCUT2D eigenvalue weighted by Crippen LogP contribution is -2.22. The molecule has 2 nitrogen and oxygen atoms in total. The Bertz CT molecular complexity index is 367. The average Bonchev–Trinajstić information content (AvgIpc) is 2.71. The van der Waals surface area contributed by atoms with E-state index in [0.717, 1.165) is 26.1 Å². The molecule has 1 aliphatic heterocycles. The fourth-order valence-corrected chi connectivity index (χ4v) is 2.57. The topological polar surface area (TPSA) is 12.5 Å². The van der Waals surface area contributed by atoms with Crippen molar-refractivity contribution >= 4 is 15.9 Å². The summed E-state index contributed by atoms with van der Waals surface area (Å²) in [5, 5.41) is 0. The van der Waals surface area contributed by atoms with Crippen molar-refractivity contribution in [2.45, 2.75) is 26.0 Å². The van der Waals surface area contributed by atoms with Gasteiger partial charge in [-0.3, -0.25) is 4.90 Å². The molecule has 1 aliphatic rings. The van der Waals surface area contributed by atoms with Crippen LogP contribution in [0.25, 0.3) is 0 Å². The SMILES string of the molecule is CO[C@H]1CCN(Cc2cc(C)ccc2Br)C1. The van der Waals surface area contributed by atoms with Gasteiger partial charge in [-0.05, 0) is 25.0 Å². The van der Waals surface area contributed by atoms with Gasteiger partial charge >= 0.3 is 0 Å². The molecule has 88 valence electrons. The molecule has 0 aliphatic carbocycles. The Morgan fingerprint density at radius 3 is 3.00 bits per heavy atom. The van der Waals surface area contributed by atoms with Gasteiger partial charge in [-0.2, -0.15) is 0 Å². The normalized spacial score (nSPS) is 21.6. The van der Waals surface area contributed by atoms with E-state index in [2.05, 4.69) is 46.0 Å². The van der Waals surface area contributed by atoms with E-state index in [1.165, 1.54) is 15.6 Å². The van der Waals surface area contributed by atoms with Gasteiger partial charge in [0.1, 0.15) is 0 Å². The molecule has 1 saturated heterocycles. The Morgan fingerprint density at radius 1 is 1.50 bits per heavy atom. The van der Waals surface area contributed by atoms with Crippen LogP contribution in [0.3, 0.4) is 0 Å². The maximum Gasteiger partial charge on any atom is 0.0710 e. The number of halogens is 1. The van der Waals surface area contributed by atoms with Crippen LogP contribution < -0.4 is 0 Å². The van der Waals surface area contributed by atoms with Crippen molar-refractivity contribution in [3.63, 3.8) is 0 Å². The van der Waals surface area contributed by atoms with Crippen molar-refractivity contribution in [1.82, 2.24) is 4.90 Å². The summed E-state index contributed by atoms with van der Waals surface area (Å²) in [6, 6.07) is 6.52. The molecule has 0 unspecified atom stereocenters. The molecule has 0 N–H and O–H groups in total. The zero-order valence-electron chi connectivity index (χ0n) is 9.87. The van der Waals surface area contributed by atoms with E-state index in [1.54, 1.807) is 7.11 Å². The number of ether oxygens (including phenoxy) is 1. The smallest absolute Gasteiger partial charge is 0.0710 e. The minimum absolute atomic E-state index is 0.420. The van der Waals surface area contributed by atoms with Gasteiger partial charge in [0, 0.05) is 31.2 Å². The minimum Gasteiger partial charge on any atom is -0.380 e. The fourth-order valence-electron chi connectivity index (χ4n) is 2.20. The van der Waals surface area contributed by atoms with E-state index in [9.17, 15) is 0 Å². The predicted octanol–water partition coefficient (Wildman–Crippen LogP) is 2.98. The van der Waals surface area contributed by atoms with Crippen LogP contribution in [-0.2, 0) is 11.3 Å². The van der Waals surface area contributed by atoms with Crippen molar-refractivity contribution in [3.05, 3.63) is 33.8 Å². The molecule has 0 amide bonds. The van der Waals surface area contributed by atoms with E-state index in [1.807, 2.05) is 0 Å². The first-order valence-corrected chi connectivity index (χ1v) is 6.48. The first-order chi connectivity index (χ1) is 7.69. The van der Waals surface area contributed by atoms with Crippen LogP contribution in [0.1, 0.15) is 17.5 Å². The van der Waals surface area contributed by atoms with E-state index in [4.69, 9.17) is 4.74 Å². The second-order valence-electron chi connectivity index (χ2n) is 4.48. The molecule has 0 bridgehead atoms. The zero-order chi connectivity index (χ0) is 11.5. The molecule has 0 aromatic heterocycles. The van der Waals surface area contributed by atoms with Crippen LogP contribution in [-0.4, -0.2) is 31.2 Å². The van der Waals surface area contributed by atoms with Crippen molar-refractivity contribution < 1.29 is 4.74 Å². The minimum atomic E-state index is 0.420. The zero-order valence-corrected chi connectivity index (χ0v) is 11.5. The number of hydrogen-bond donors (Lipinski definition) is 0.